The van der Waals surface area contributed by atoms with Crippen molar-refractivity contribution in [3.63, 3.8) is 0 Å². The quantitative estimate of drug-likeness (QED) is 0.484. The van der Waals surface area contributed by atoms with Crippen molar-refractivity contribution >= 4 is 29.5 Å². The van der Waals surface area contributed by atoms with Gasteiger partial charge in [0.1, 0.15) is 6.10 Å². The molecule has 4 aliphatic rings. The molecule has 0 aromatic carbocycles. The van der Waals surface area contributed by atoms with Crippen molar-refractivity contribution in [2.24, 2.45) is 0 Å². The predicted octanol–water partition coefficient (Wildman–Crippen LogP) is 3.56. The van der Waals surface area contributed by atoms with Crippen molar-refractivity contribution in [1.29, 1.82) is 0 Å². The molecular weight excluding hydrogens is 524 g/mol. The van der Waals surface area contributed by atoms with Gasteiger partial charge >= 0.3 is 6.09 Å². The van der Waals surface area contributed by atoms with Crippen LogP contribution in [0.3, 0.4) is 0 Å². The Morgan fingerprint density at radius 1 is 1.05 bits per heavy atom. The molecular formula is C29H42N8O4. The molecule has 6 rings (SSSR count). The van der Waals surface area contributed by atoms with Crippen LogP contribution in [0.15, 0.2) is 17.8 Å². The van der Waals surface area contributed by atoms with E-state index >= 15 is 0 Å². The van der Waals surface area contributed by atoms with Crippen molar-refractivity contribution < 1.29 is 19.1 Å². The highest BCUT2D eigenvalue weighted by Gasteiger charge is 2.46. The fourth-order valence-electron chi connectivity index (χ4n) is 6.51. The third kappa shape index (κ3) is 5.58. The number of carbonyl (C=O) groups excluding carboxylic acids is 2. The van der Waals surface area contributed by atoms with E-state index in [9.17, 15) is 9.59 Å². The molecule has 0 aliphatic carbocycles. The summed E-state index contributed by atoms with van der Waals surface area (Å²) in [6.45, 7) is 10.4. The largest absolute Gasteiger partial charge is 0.442 e. The smallest absolute Gasteiger partial charge is 0.410 e. The van der Waals surface area contributed by atoms with Crippen molar-refractivity contribution in [1.82, 2.24) is 29.4 Å². The summed E-state index contributed by atoms with van der Waals surface area (Å²) in [5, 5.41) is 11.8. The number of allylic oxidation sites excluding steroid dienone is 1. The summed E-state index contributed by atoms with van der Waals surface area (Å²) in [4.78, 5) is 38.9. The molecule has 4 fully saturated rings. The summed E-state index contributed by atoms with van der Waals surface area (Å²) in [7, 11) is 0. The number of fused-ring (bicyclic) bond motifs is 3. The van der Waals surface area contributed by atoms with Gasteiger partial charge in [-0.3, -0.25) is 4.79 Å². The van der Waals surface area contributed by atoms with Gasteiger partial charge in [0.2, 0.25) is 17.8 Å². The molecule has 4 saturated heterocycles. The standard InChI is InChI=1S/C29H42N8O4/c1-5-18(4)26(38)35-15-23(16-35)41-29(39)36-21-6-7-22(36)13-20(12-21)32-28-34-27(31-19-8-10-40-11-9-19)33-25-24(17(2)3)14-30-37(25)28/h5,14,17,19-23H,6-13,15-16H2,1-4H3,(H2,31,32,33,34)/b18-5+. The van der Waals surface area contributed by atoms with Crippen LogP contribution in [0.25, 0.3) is 5.65 Å². The third-order valence-electron chi connectivity index (χ3n) is 9.02. The summed E-state index contributed by atoms with van der Waals surface area (Å²) in [5.74, 6) is 1.57. The number of likely N-dealkylation sites (tertiary alicyclic amines) is 1. The Labute approximate surface area is 240 Å². The van der Waals surface area contributed by atoms with Gasteiger partial charge in [0.15, 0.2) is 5.65 Å². The Balaban J connectivity index is 1.12. The van der Waals surface area contributed by atoms with Gasteiger partial charge in [0.25, 0.3) is 0 Å². The number of hydrogen-bond donors (Lipinski definition) is 2. The van der Waals surface area contributed by atoms with E-state index in [1.807, 2.05) is 35.5 Å². The van der Waals surface area contributed by atoms with Gasteiger partial charge in [0.05, 0.1) is 19.3 Å². The van der Waals surface area contributed by atoms with Crippen LogP contribution in [0.4, 0.5) is 16.7 Å². The van der Waals surface area contributed by atoms with Crippen LogP contribution in [0.1, 0.15) is 77.7 Å². The lowest BCUT2D eigenvalue weighted by Gasteiger charge is -2.42. The fraction of sp³-hybridized carbons (Fsp3) is 0.690. The average molecular weight is 567 g/mol. The molecule has 12 nitrogen and oxygen atoms in total. The number of ether oxygens (including phenoxy) is 2. The van der Waals surface area contributed by atoms with Crippen molar-refractivity contribution in [3.05, 3.63) is 23.4 Å². The van der Waals surface area contributed by atoms with Crippen LogP contribution < -0.4 is 10.6 Å². The zero-order valence-corrected chi connectivity index (χ0v) is 24.5. The maximum Gasteiger partial charge on any atom is 0.410 e. The number of aromatic nitrogens is 4. The lowest BCUT2D eigenvalue weighted by atomic mass is 9.98. The second kappa shape index (κ2) is 11.5. The number of hydrogen-bond acceptors (Lipinski definition) is 9. The lowest BCUT2D eigenvalue weighted by molar-refractivity contribution is -0.137. The molecule has 2 N–H and O–H groups in total. The Kier molecular flexibility index (Phi) is 7.76. The maximum absolute atomic E-state index is 13.2. The van der Waals surface area contributed by atoms with Crippen LogP contribution in [-0.4, -0.2) is 98.0 Å². The highest BCUT2D eigenvalue weighted by molar-refractivity contribution is 5.93. The van der Waals surface area contributed by atoms with Crippen molar-refractivity contribution in [3.8, 4) is 0 Å². The van der Waals surface area contributed by atoms with Crippen LogP contribution in [0, 0.1) is 0 Å². The first kappa shape index (κ1) is 27.7. The first-order chi connectivity index (χ1) is 19.8. The number of nitrogens with zero attached hydrogens (tertiary/aromatic N) is 6. The molecule has 0 spiro atoms. The first-order valence-electron chi connectivity index (χ1n) is 15.1. The fourth-order valence-corrected chi connectivity index (χ4v) is 6.51. The maximum atomic E-state index is 13.2. The Hall–Kier alpha value is -3.41. The van der Waals surface area contributed by atoms with Gasteiger partial charge < -0.3 is 29.9 Å². The molecule has 0 saturated carbocycles. The van der Waals surface area contributed by atoms with E-state index in [4.69, 9.17) is 19.4 Å². The summed E-state index contributed by atoms with van der Waals surface area (Å²) >= 11 is 0. The van der Waals surface area contributed by atoms with E-state index in [1.54, 1.807) is 4.90 Å². The molecule has 2 aromatic rings. The second-order valence-electron chi connectivity index (χ2n) is 12.2. The third-order valence-corrected chi connectivity index (χ3v) is 9.02. The summed E-state index contributed by atoms with van der Waals surface area (Å²) in [6, 6.07) is 0.658. The highest BCUT2D eigenvalue weighted by Crippen LogP contribution is 2.38. The van der Waals surface area contributed by atoms with Crippen LogP contribution in [0.2, 0.25) is 0 Å². The van der Waals surface area contributed by atoms with Gasteiger partial charge in [0, 0.05) is 48.5 Å². The van der Waals surface area contributed by atoms with E-state index < -0.39 is 0 Å². The van der Waals surface area contributed by atoms with Gasteiger partial charge in [-0.05, 0) is 58.3 Å². The van der Waals surface area contributed by atoms with E-state index in [0.29, 0.717) is 30.6 Å². The van der Waals surface area contributed by atoms with Crippen molar-refractivity contribution in [2.45, 2.75) is 102 Å². The molecule has 6 heterocycles. The highest BCUT2D eigenvalue weighted by atomic mass is 16.6. The Morgan fingerprint density at radius 3 is 2.41 bits per heavy atom. The van der Waals surface area contributed by atoms with Gasteiger partial charge in [-0.2, -0.15) is 19.6 Å². The zero-order chi connectivity index (χ0) is 28.7. The van der Waals surface area contributed by atoms with Crippen LogP contribution >= 0.6 is 0 Å². The van der Waals surface area contributed by atoms with Gasteiger partial charge in [-0.15, -0.1) is 0 Å². The summed E-state index contributed by atoms with van der Waals surface area (Å²) in [6.07, 6.45) is 8.60. The Bertz CT molecular complexity index is 1300. The zero-order valence-electron chi connectivity index (χ0n) is 24.5. The lowest BCUT2D eigenvalue weighted by Crippen LogP contribution is -2.58. The van der Waals surface area contributed by atoms with Gasteiger partial charge in [-0.25, -0.2) is 4.79 Å². The number of nitrogens with one attached hydrogen (secondary N) is 2. The van der Waals surface area contributed by atoms with Crippen molar-refractivity contribution in [2.75, 3.05) is 36.9 Å². The molecule has 12 heteroatoms. The molecule has 4 aliphatic heterocycles. The normalized spacial score (nSPS) is 25.5. The van der Waals surface area contributed by atoms with Crippen LogP contribution in [-0.2, 0) is 14.3 Å². The number of rotatable bonds is 7. The molecule has 2 atom stereocenters. The predicted molar refractivity (Wildman–Crippen MR) is 154 cm³/mol. The van der Waals surface area contributed by atoms with E-state index in [0.717, 1.165) is 62.9 Å². The number of amides is 2. The molecule has 2 unspecified atom stereocenters. The van der Waals surface area contributed by atoms with E-state index in [1.165, 1.54) is 0 Å². The average Bonchev–Trinajstić information content (AvgIpc) is 3.49. The van der Waals surface area contributed by atoms with E-state index in [-0.39, 0.29) is 48.2 Å². The SMILES string of the molecule is C/C=C(\C)C(=O)N1CC(OC(=O)N2C3CCC2CC(Nc2nc(NC4CCOCC4)nc4c(C(C)C)cnn24)C3)C1. The van der Waals surface area contributed by atoms with Gasteiger partial charge in [-0.1, -0.05) is 19.9 Å². The number of carbonyl (C=O) groups is 2. The molecule has 2 amide bonds. The monoisotopic (exact) mass is 566 g/mol. The summed E-state index contributed by atoms with van der Waals surface area (Å²) in [5.41, 5.74) is 2.61. The molecule has 222 valence electrons. The van der Waals surface area contributed by atoms with Crippen LogP contribution in [0.5, 0.6) is 0 Å². The molecule has 2 bridgehead atoms. The minimum Gasteiger partial charge on any atom is -0.442 e. The molecule has 2 aromatic heterocycles. The molecule has 0 radical (unpaired) electrons. The minimum atomic E-state index is -0.253. The topological polar surface area (TPSA) is 126 Å². The number of anilines is 2. The number of piperidine rings is 1. The second-order valence-corrected chi connectivity index (χ2v) is 12.2. The van der Waals surface area contributed by atoms with E-state index in [2.05, 4.69) is 29.6 Å². The molecule has 41 heavy (non-hydrogen) atoms. The minimum absolute atomic E-state index is 0.00870. The summed E-state index contributed by atoms with van der Waals surface area (Å²) < 4.78 is 13.2. The Morgan fingerprint density at radius 2 is 1.76 bits per heavy atom. The first-order valence-corrected chi connectivity index (χ1v) is 15.1.